The van der Waals surface area contributed by atoms with E-state index < -0.39 is 11.6 Å². The minimum atomic E-state index is -0.647. The molecule has 0 radical (unpaired) electrons. The summed E-state index contributed by atoms with van der Waals surface area (Å²) in [6.07, 6.45) is 3.27. The number of carbonyl (C=O) groups is 1. The Hall–Kier alpha value is -2.47. The normalized spacial score (nSPS) is 21.5. The average molecular weight is 427 g/mol. The lowest BCUT2D eigenvalue weighted by molar-refractivity contribution is 0.0892. The summed E-state index contributed by atoms with van der Waals surface area (Å²) in [5.41, 5.74) is 1.19. The van der Waals surface area contributed by atoms with Crippen molar-refractivity contribution in [3.8, 4) is 0 Å². The Kier molecular flexibility index (Phi) is 6.04. The van der Waals surface area contributed by atoms with Crippen LogP contribution in [0.2, 0.25) is 0 Å². The summed E-state index contributed by atoms with van der Waals surface area (Å²) in [5, 5.41) is 4.47. The third-order valence-corrected chi connectivity index (χ3v) is 7.04. The van der Waals surface area contributed by atoms with Gasteiger partial charge in [-0.25, -0.2) is 13.8 Å². The predicted molar refractivity (Wildman–Crippen MR) is 116 cm³/mol. The van der Waals surface area contributed by atoms with Gasteiger partial charge in [-0.2, -0.15) is 0 Å². The van der Waals surface area contributed by atoms with Crippen molar-refractivity contribution in [2.45, 2.75) is 49.1 Å². The van der Waals surface area contributed by atoms with E-state index in [1.807, 2.05) is 24.3 Å². The molecule has 1 saturated carbocycles. The van der Waals surface area contributed by atoms with Gasteiger partial charge in [0.05, 0.1) is 11.1 Å². The highest BCUT2D eigenvalue weighted by Gasteiger charge is 2.29. The van der Waals surface area contributed by atoms with Crippen LogP contribution in [0.4, 0.5) is 8.78 Å². The van der Waals surface area contributed by atoms with Crippen LogP contribution in [-0.4, -0.2) is 16.9 Å². The molecule has 0 aliphatic heterocycles. The number of hydrogen-bond donors (Lipinski definition) is 1. The zero-order chi connectivity index (χ0) is 21.3. The summed E-state index contributed by atoms with van der Waals surface area (Å²) in [6, 6.07) is 12.7. The fraction of sp³-hybridized carbons (Fsp3) is 0.333. The van der Waals surface area contributed by atoms with Crippen LogP contribution in [0.15, 0.2) is 58.5 Å². The Balaban J connectivity index is 1.67. The minimum absolute atomic E-state index is 0.138. The summed E-state index contributed by atoms with van der Waals surface area (Å²) < 4.78 is 27.4. The molecular formula is C24H24F2N2OS. The summed E-state index contributed by atoms with van der Waals surface area (Å²) >= 11 is 1.08. The number of carbonyl (C=O) groups excluding carboxylic acids is 1. The molecule has 1 fully saturated rings. The number of rotatable bonds is 4. The highest BCUT2D eigenvalue weighted by atomic mass is 32.2. The average Bonchev–Trinajstić information content (AvgIpc) is 2.73. The molecule has 0 spiro atoms. The lowest BCUT2D eigenvalue weighted by Gasteiger charge is -2.34. The van der Waals surface area contributed by atoms with Gasteiger partial charge in [0.25, 0.3) is 5.91 Å². The molecule has 1 heterocycles. The van der Waals surface area contributed by atoms with Crippen molar-refractivity contribution in [3.63, 3.8) is 0 Å². The van der Waals surface area contributed by atoms with Crippen LogP contribution >= 0.6 is 11.8 Å². The van der Waals surface area contributed by atoms with Crippen molar-refractivity contribution in [3.05, 3.63) is 65.7 Å². The summed E-state index contributed by atoms with van der Waals surface area (Å²) in [5.74, 6) is -0.421. The van der Waals surface area contributed by atoms with Gasteiger partial charge < -0.3 is 5.32 Å². The van der Waals surface area contributed by atoms with Crippen molar-refractivity contribution < 1.29 is 13.6 Å². The maximum Gasteiger partial charge on any atom is 0.252 e. The molecule has 1 aliphatic rings. The Morgan fingerprint density at radius 3 is 2.70 bits per heavy atom. The molecule has 3 nitrogen and oxygen atoms in total. The fourth-order valence-corrected chi connectivity index (χ4v) is 4.93. The number of benzene rings is 2. The third-order valence-electron chi connectivity index (χ3n) is 6.07. The molecule has 2 aromatic carbocycles. The first-order valence-corrected chi connectivity index (χ1v) is 11.1. The molecule has 1 aromatic heterocycles. The summed E-state index contributed by atoms with van der Waals surface area (Å²) in [4.78, 5) is 18.1. The maximum absolute atomic E-state index is 14.1. The number of hydrogen-bond acceptors (Lipinski definition) is 3. The van der Waals surface area contributed by atoms with E-state index in [4.69, 9.17) is 0 Å². The second kappa shape index (κ2) is 8.72. The Labute approximate surface area is 179 Å². The largest absolute Gasteiger partial charge is 0.349 e. The number of para-hydroxylation sites is 1. The van der Waals surface area contributed by atoms with Crippen LogP contribution < -0.4 is 5.32 Å². The molecule has 1 aliphatic carbocycles. The van der Waals surface area contributed by atoms with Gasteiger partial charge in [0.1, 0.15) is 16.7 Å². The third kappa shape index (κ3) is 4.33. The smallest absolute Gasteiger partial charge is 0.252 e. The first-order chi connectivity index (χ1) is 14.4. The quantitative estimate of drug-likeness (QED) is 0.539. The van der Waals surface area contributed by atoms with E-state index in [1.165, 1.54) is 18.6 Å². The number of halogens is 2. The molecule has 3 atom stereocenters. The van der Waals surface area contributed by atoms with Gasteiger partial charge in [-0.3, -0.25) is 4.79 Å². The Bertz CT molecular complexity index is 1090. The lowest BCUT2D eigenvalue weighted by atomic mass is 9.78. The van der Waals surface area contributed by atoms with Gasteiger partial charge in [-0.05, 0) is 42.5 Å². The number of nitrogens with one attached hydrogen (secondary N) is 1. The van der Waals surface area contributed by atoms with Gasteiger partial charge in [0, 0.05) is 22.4 Å². The van der Waals surface area contributed by atoms with E-state index in [0.717, 1.165) is 36.1 Å². The second-order valence-corrected chi connectivity index (χ2v) is 9.11. The topological polar surface area (TPSA) is 42.0 Å². The summed E-state index contributed by atoms with van der Waals surface area (Å²) in [6.45, 7) is 4.43. The molecule has 156 valence electrons. The van der Waals surface area contributed by atoms with E-state index in [9.17, 15) is 13.6 Å². The van der Waals surface area contributed by atoms with E-state index in [2.05, 4.69) is 24.1 Å². The lowest BCUT2D eigenvalue weighted by Crippen LogP contribution is -2.43. The highest BCUT2D eigenvalue weighted by molar-refractivity contribution is 7.99. The molecule has 0 saturated heterocycles. The molecule has 1 N–H and O–H groups in total. The van der Waals surface area contributed by atoms with Gasteiger partial charge in [-0.1, -0.05) is 56.7 Å². The number of amides is 1. The molecule has 30 heavy (non-hydrogen) atoms. The second-order valence-electron chi connectivity index (χ2n) is 8.05. The highest BCUT2D eigenvalue weighted by Crippen LogP contribution is 2.33. The molecular weight excluding hydrogens is 402 g/mol. The zero-order valence-corrected chi connectivity index (χ0v) is 17.8. The monoisotopic (exact) mass is 426 g/mol. The Morgan fingerprint density at radius 2 is 1.90 bits per heavy atom. The van der Waals surface area contributed by atoms with Crippen molar-refractivity contribution in [2.24, 2.45) is 11.8 Å². The SMILES string of the molecule is C[C@@H]1[C@H](C)CCC[C@H]1NC(=O)c1cc(Sc2ccc(F)cc2F)nc2ccccc12. The predicted octanol–water partition coefficient (Wildman–Crippen LogP) is 6.22. The van der Waals surface area contributed by atoms with Crippen LogP contribution in [0.5, 0.6) is 0 Å². The number of fused-ring (bicyclic) bond motifs is 1. The van der Waals surface area contributed by atoms with Crippen molar-refractivity contribution >= 4 is 28.6 Å². The van der Waals surface area contributed by atoms with Crippen molar-refractivity contribution in [1.29, 1.82) is 0 Å². The van der Waals surface area contributed by atoms with Crippen LogP contribution in [-0.2, 0) is 0 Å². The number of aromatic nitrogens is 1. The molecule has 0 bridgehead atoms. The fourth-order valence-electron chi connectivity index (χ4n) is 4.09. The van der Waals surface area contributed by atoms with E-state index in [0.29, 0.717) is 27.9 Å². The number of pyridine rings is 1. The maximum atomic E-state index is 14.1. The minimum Gasteiger partial charge on any atom is -0.349 e. The van der Waals surface area contributed by atoms with Gasteiger partial charge >= 0.3 is 0 Å². The van der Waals surface area contributed by atoms with Gasteiger partial charge in [-0.15, -0.1) is 0 Å². The molecule has 0 unspecified atom stereocenters. The van der Waals surface area contributed by atoms with Crippen LogP contribution in [0.1, 0.15) is 43.5 Å². The zero-order valence-electron chi connectivity index (χ0n) is 17.0. The first kappa shape index (κ1) is 20.8. The van der Waals surface area contributed by atoms with Gasteiger partial charge in [0.2, 0.25) is 0 Å². The van der Waals surface area contributed by atoms with Crippen LogP contribution in [0, 0.1) is 23.5 Å². The standard InChI is InChI=1S/C24H24F2N2OS/c1-14-6-5-9-20(15(14)2)28-24(29)18-13-23(27-21-8-4-3-7-17(18)21)30-22-11-10-16(25)12-19(22)26/h3-4,7-8,10-15,20H,5-6,9H2,1-2H3,(H,28,29)/t14-,15-,20-/m1/s1. The number of nitrogens with zero attached hydrogens (tertiary/aromatic N) is 1. The Morgan fingerprint density at radius 1 is 1.10 bits per heavy atom. The van der Waals surface area contributed by atoms with Crippen LogP contribution in [0.3, 0.4) is 0 Å². The van der Waals surface area contributed by atoms with E-state index >= 15 is 0 Å². The summed E-state index contributed by atoms with van der Waals surface area (Å²) in [7, 11) is 0. The van der Waals surface area contributed by atoms with Crippen molar-refractivity contribution in [1.82, 2.24) is 10.3 Å². The van der Waals surface area contributed by atoms with Crippen LogP contribution in [0.25, 0.3) is 10.9 Å². The van der Waals surface area contributed by atoms with E-state index in [-0.39, 0.29) is 16.8 Å². The van der Waals surface area contributed by atoms with E-state index in [1.54, 1.807) is 6.07 Å². The first-order valence-electron chi connectivity index (χ1n) is 10.3. The molecule has 4 rings (SSSR count). The van der Waals surface area contributed by atoms with Gasteiger partial charge in [0.15, 0.2) is 0 Å². The molecule has 6 heteroatoms. The van der Waals surface area contributed by atoms with Crippen molar-refractivity contribution in [2.75, 3.05) is 0 Å². The molecule has 1 amide bonds. The molecule has 3 aromatic rings.